The summed E-state index contributed by atoms with van der Waals surface area (Å²) in [4.78, 5) is 27.1. The van der Waals surface area contributed by atoms with E-state index in [0.717, 1.165) is 24.3 Å². The first kappa shape index (κ1) is 19.3. The fourth-order valence-corrected chi connectivity index (χ4v) is 3.57. The van der Waals surface area contributed by atoms with Gasteiger partial charge in [-0.15, -0.1) is 0 Å². The molecule has 3 aliphatic rings. The van der Waals surface area contributed by atoms with E-state index in [1.165, 1.54) is 23.1 Å². The number of amides is 2. The number of nitrogens with zero attached hydrogens (tertiary/aromatic N) is 5. The first-order chi connectivity index (χ1) is 13.8. The lowest BCUT2D eigenvalue weighted by Crippen LogP contribution is -2.50. The number of carbonyl (C=O) groups is 1. The summed E-state index contributed by atoms with van der Waals surface area (Å²) >= 11 is 0. The first-order valence-electron chi connectivity index (χ1n) is 9.39. The van der Waals surface area contributed by atoms with Gasteiger partial charge in [-0.1, -0.05) is 12.1 Å². The number of alkyl halides is 3. The molecular weight excluding hydrogens is 385 g/mol. The number of anilines is 1. The van der Waals surface area contributed by atoms with E-state index in [1.54, 1.807) is 6.34 Å². The zero-order valence-electron chi connectivity index (χ0n) is 15.9. The largest absolute Gasteiger partial charge is 0.418 e. The van der Waals surface area contributed by atoms with Crippen LogP contribution in [0.25, 0.3) is 0 Å². The highest BCUT2D eigenvalue weighted by Crippen LogP contribution is 2.34. The van der Waals surface area contributed by atoms with Crippen molar-refractivity contribution in [1.29, 1.82) is 0 Å². The molecule has 0 aromatic heterocycles. The number of hydrogen-bond acceptors (Lipinski definition) is 5. The molecule has 1 atom stereocenters. The van der Waals surface area contributed by atoms with Crippen LogP contribution >= 0.6 is 0 Å². The van der Waals surface area contributed by atoms with Crippen LogP contribution in [-0.4, -0.2) is 71.7 Å². The Morgan fingerprint density at radius 1 is 1.17 bits per heavy atom. The van der Waals surface area contributed by atoms with Crippen LogP contribution in [0.5, 0.6) is 0 Å². The number of carbonyl (C=O) groups excluding carboxylic acids is 1. The smallest absolute Gasteiger partial charge is 0.353 e. The predicted molar refractivity (Wildman–Crippen MR) is 104 cm³/mol. The number of hydrogen-bond donors (Lipinski definition) is 1. The molecule has 2 amide bonds. The summed E-state index contributed by atoms with van der Waals surface area (Å²) < 4.78 is 39.3. The molecule has 0 radical (unpaired) electrons. The van der Waals surface area contributed by atoms with Gasteiger partial charge in [0.05, 0.1) is 23.6 Å². The molecule has 29 heavy (non-hydrogen) atoms. The summed E-state index contributed by atoms with van der Waals surface area (Å²) in [5, 5.41) is 2.39. The second kappa shape index (κ2) is 7.41. The number of rotatable bonds is 2. The van der Waals surface area contributed by atoms with Crippen LogP contribution < -0.4 is 5.32 Å². The fraction of sp³-hybridized carbons (Fsp3) is 0.421. The second-order valence-corrected chi connectivity index (χ2v) is 7.18. The van der Waals surface area contributed by atoms with Crippen molar-refractivity contribution in [2.45, 2.75) is 19.1 Å². The van der Waals surface area contributed by atoms with Crippen LogP contribution in [0.1, 0.15) is 12.5 Å². The Balaban J connectivity index is 1.37. The normalized spacial score (nSPS) is 21.7. The lowest BCUT2D eigenvalue weighted by Gasteiger charge is -2.36. The molecule has 7 nitrogen and oxygen atoms in total. The van der Waals surface area contributed by atoms with Gasteiger partial charge in [0.1, 0.15) is 11.7 Å². The molecule has 1 fully saturated rings. The number of aliphatic imine (C=N–C) groups is 2. The molecule has 10 heteroatoms. The predicted octanol–water partition coefficient (Wildman–Crippen LogP) is 2.84. The summed E-state index contributed by atoms with van der Waals surface area (Å²) in [6, 6.07) is 4.66. The highest BCUT2D eigenvalue weighted by atomic mass is 19.4. The molecule has 1 N–H and O–H groups in total. The van der Waals surface area contributed by atoms with E-state index in [-0.39, 0.29) is 11.7 Å². The third-order valence-electron chi connectivity index (χ3n) is 5.06. The van der Waals surface area contributed by atoms with Gasteiger partial charge in [-0.05, 0) is 19.1 Å². The minimum Gasteiger partial charge on any atom is -0.353 e. The van der Waals surface area contributed by atoms with Gasteiger partial charge in [-0.3, -0.25) is 4.99 Å². The van der Waals surface area contributed by atoms with Gasteiger partial charge in [-0.2, -0.15) is 13.2 Å². The highest BCUT2D eigenvalue weighted by Gasteiger charge is 2.34. The number of benzene rings is 1. The van der Waals surface area contributed by atoms with E-state index in [2.05, 4.69) is 15.3 Å². The Morgan fingerprint density at radius 3 is 2.62 bits per heavy atom. The monoisotopic (exact) mass is 406 g/mol. The lowest BCUT2D eigenvalue weighted by molar-refractivity contribution is -0.136. The SMILES string of the molecule is C[C@@H]1CN2C=NC(N3CCN(C(=O)Nc4ccccc4C(F)(F)F)CC3)=CC2=N1. The Hall–Kier alpha value is -3.04. The molecule has 0 saturated carbocycles. The number of amidine groups is 1. The zero-order valence-corrected chi connectivity index (χ0v) is 15.9. The number of para-hydroxylation sites is 1. The molecule has 1 aromatic rings. The van der Waals surface area contributed by atoms with Crippen molar-refractivity contribution >= 4 is 23.9 Å². The average Bonchev–Trinajstić information content (AvgIpc) is 3.07. The van der Waals surface area contributed by atoms with Crippen molar-refractivity contribution < 1.29 is 18.0 Å². The van der Waals surface area contributed by atoms with Crippen LogP contribution in [0.2, 0.25) is 0 Å². The van der Waals surface area contributed by atoms with Gasteiger partial charge in [-0.25, -0.2) is 9.79 Å². The van der Waals surface area contributed by atoms with Crippen LogP contribution in [0, 0.1) is 0 Å². The standard InChI is InChI=1S/C19H21F3N6O/c1-13-11-28-12-23-16(10-17(28)24-13)26-6-8-27(9-7-26)18(29)25-15-5-3-2-4-14(15)19(20,21)22/h2-5,10,12-13H,6-9,11H2,1H3,(H,25,29)/t13-/m1/s1. The number of piperazine rings is 1. The van der Waals surface area contributed by atoms with Gasteiger partial charge in [0.2, 0.25) is 0 Å². The molecule has 4 rings (SSSR count). The van der Waals surface area contributed by atoms with Gasteiger partial charge < -0.3 is 20.0 Å². The van der Waals surface area contributed by atoms with E-state index in [0.29, 0.717) is 26.2 Å². The number of nitrogens with one attached hydrogen (secondary N) is 1. The maximum absolute atomic E-state index is 13.1. The Labute approximate surface area is 166 Å². The zero-order chi connectivity index (χ0) is 20.6. The summed E-state index contributed by atoms with van der Waals surface area (Å²) in [6.45, 7) is 4.72. The topological polar surface area (TPSA) is 63.5 Å². The minimum atomic E-state index is -4.53. The lowest BCUT2D eigenvalue weighted by atomic mass is 10.1. The van der Waals surface area contributed by atoms with Crippen LogP contribution in [0.3, 0.4) is 0 Å². The number of urea groups is 1. The summed E-state index contributed by atoms with van der Waals surface area (Å²) in [5.74, 6) is 1.67. The maximum Gasteiger partial charge on any atom is 0.418 e. The average molecular weight is 406 g/mol. The molecular formula is C19H21F3N6O. The third-order valence-corrected chi connectivity index (χ3v) is 5.06. The van der Waals surface area contributed by atoms with Crippen molar-refractivity contribution in [2.75, 3.05) is 38.0 Å². The van der Waals surface area contributed by atoms with E-state index in [4.69, 9.17) is 0 Å². The van der Waals surface area contributed by atoms with Crippen molar-refractivity contribution in [1.82, 2.24) is 14.7 Å². The Bertz CT molecular complexity index is 886. The fourth-order valence-electron chi connectivity index (χ4n) is 3.57. The van der Waals surface area contributed by atoms with Gasteiger partial charge in [0, 0.05) is 38.8 Å². The molecule has 1 saturated heterocycles. The molecule has 1 aromatic carbocycles. The third kappa shape index (κ3) is 4.06. The van der Waals surface area contributed by atoms with Crippen molar-refractivity contribution in [3.63, 3.8) is 0 Å². The van der Waals surface area contributed by atoms with Crippen molar-refractivity contribution in [2.24, 2.45) is 9.98 Å². The first-order valence-corrected chi connectivity index (χ1v) is 9.39. The quantitative estimate of drug-likeness (QED) is 0.822. The molecule has 3 aliphatic heterocycles. The summed E-state index contributed by atoms with van der Waals surface area (Å²) in [5.41, 5.74) is -1.09. The molecule has 0 spiro atoms. The number of fused-ring (bicyclic) bond motifs is 1. The minimum absolute atomic E-state index is 0.229. The van der Waals surface area contributed by atoms with Crippen LogP contribution in [-0.2, 0) is 6.18 Å². The molecule has 0 aliphatic carbocycles. The Morgan fingerprint density at radius 2 is 1.90 bits per heavy atom. The van der Waals surface area contributed by atoms with Gasteiger partial charge in [0.15, 0.2) is 0 Å². The van der Waals surface area contributed by atoms with E-state index in [1.807, 2.05) is 22.8 Å². The summed E-state index contributed by atoms with van der Waals surface area (Å²) in [7, 11) is 0. The highest BCUT2D eigenvalue weighted by molar-refractivity contribution is 6.03. The van der Waals surface area contributed by atoms with Gasteiger partial charge >= 0.3 is 12.2 Å². The second-order valence-electron chi connectivity index (χ2n) is 7.18. The van der Waals surface area contributed by atoms with E-state index in [9.17, 15) is 18.0 Å². The molecule has 0 unspecified atom stereocenters. The molecule has 0 bridgehead atoms. The van der Waals surface area contributed by atoms with Crippen molar-refractivity contribution in [3.8, 4) is 0 Å². The van der Waals surface area contributed by atoms with E-state index >= 15 is 0 Å². The van der Waals surface area contributed by atoms with Crippen LogP contribution in [0.15, 0.2) is 46.1 Å². The maximum atomic E-state index is 13.1. The Kier molecular flexibility index (Phi) is 4.93. The van der Waals surface area contributed by atoms with Crippen molar-refractivity contribution in [3.05, 3.63) is 41.7 Å². The summed E-state index contributed by atoms with van der Waals surface area (Å²) in [6.07, 6.45) is -0.827. The van der Waals surface area contributed by atoms with E-state index < -0.39 is 17.8 Å². The van der Waals surface area contributed by atoms with Gasteiger partial charge in [0.25, 0.3) is 0 Å². The van der Waals surface area contributed by atoms with Crippen LogP contribution in [0.4, 0.5) is 23.7 Å². The molecule has 154 valence electrons. The molecule has 3 heterocycles. The number of halogens is 3.